The molecule has 3 nitrogen and oxygen atoms in total. The fourth-order valence-electron chi connectivity index (χ4n) is 1.45. The Balaban J connectivity index is 2.24. The Morgan fingerprint density at radius 1 is 1.22 bits per heavy atom. The van der Waals surface area contributed by atoms with Gasteiger partial charge in [-0.25, -0.2) is 4.39 Å². The molecule has 18 heavy (non-hydrogen) atoms. The van der Waals surface area contributed by atoms with Crippen LogP contribution in [0.1, 0.15) is 10.4 Å². The maximum atomic E-state index is 13.0. The van der Waals surface area contributed by atoms with E-state index in [1.807, 2.05) is 6.07 Å². The van der Waals surface area contributed by atoms with Gasteiger partial charge in [0.2, 0.25) is 0 Å². The molecule has 0 bridgehead atoms. The molecular weight excluding hydrogens is 348 g/mol. The van der Waals surface area contributed by atoms with Crippen LogP contribution in [0.2, 0.25) is 0 Å². The standard InChI is InChI=1S/C13H9FINO2/c14-8-4-5-12(17)11(6-8)13(18)16-10-3-1-2-9(15)7-10/h1-7,17H,(H,16,18). The summed E-state index contributed by atoms with van der Waals surface area (Å²) in [6.45, 7) is 0. The van der Waals surface area contributed by atoms with Gasteiger partial charge in [-0.2, -0.15) is 0 Å². The number of nitrogens with one attached hydrogen (secondary N) is 1. The number of aromatic hydroxyl groups is 1. The lowest BCUT2D eigenvalue weighted by Gasteiger charge is -2.07. The van der Waals surface area contributed by atoms with Crippen LogP contribution in [0, 0.1) is 9.39 Å². The Morgan fingerprint density at radius 3 is 2.72 bits per heavy atom. The summed E-state index contributed by atoms with van der Waals surface area (Å²) in [7, 11) is 0. The molecule has 1 amide bonds. The number of carbonyl (C=O) groups excluding carboxylic acids is 1. The number of phenolic OH excluding ortho intramolecular Hbond substituents is 1. The maximum Gasteiger partial charge on any atom is 0.259 e. The van der Waals surface area contributed by atoms with E-state index in [2.05, 4.69) is 27.9 Å². The zero-order valence-corrected chi connectivity index (χ0v) is 11.3. The zero-order valence-electron chi connectivity index (χ0n) is 9.15. The van der Waals surface area contributed by atoms with Crippen molar-refractivity contribution in [1.82, 2.24) is 0 Å². The molecule has 2 rings (SSSR count). The zero-order chi connectivity index (χ0) is 13.1. The van der Waals surface area contributed by atoms with Gasteiger partial charge in [-0.05, 0) is 59.0 Å². The number of amides is 1. The van der Waals surface area contributed by atoms with E-state index < -0.39 is 11.7 Å². The Morgan fingerprint density at radius 2 is 2.00 bits per heavy atom. The molecule has 0 aromatic heterocycles. The van der Waals surface area contributed by atoms with Crippen LogP contribution in [0.3, 0.4) is 0 Å². The summed E-state index contributed by atoms with van der Waals surface area (Å²) in [5.74, 6) is -1.37. The second-order valence-electron chi connectivity index (χ2n) is 3.63. The molecule has 0 saturated carbocycles. The summed E-state index contributed by atoms with van der Waals surface area (Å²) in [5, 5.41) is 12.1. The maximum absolute atomic E-state index is 13.0. The molecule has 0 aliphatic heterocycles. The molecular formula is C13H9FINO2. The summed E-state index contributed by atoms with van der Waals surface area (Å²) in [6.07, 6.45) is 0. The van der Waals surface area contributed by atoms with E-state index in [0.29, 0.717) is 5.69 Å². The van der Waals surface area contributed by atoms with Gasteiger partial charge < -0.3 is 10.4 Å². The Bertz CT molecular complexity index is 601. The fraction of sp³-hybridized carbons (Fsp3) is 0. The molecule has 0 heterocycles. The van der Waals surface area contributed by atoms with Gasteiger partial charge in [0.15, 0.2) is 0 Å². The van der Waals surface area contributed by atoms with E-state index in [4.69, 9.17) is 0 Å². The van der Waals surface area contributed by atoms with Gasteiger partial charge in [0.25, 0.3) is 5.91 Å². The summed E-state index contributed by atoms with van der Waals surface area (Å²) < 4.78 is 14.0. The number of hydrogen-bond acceptors (Lipinski definition) is 2. The van der Waals surface area contributed by atoms with Crippen molar-refractivity contribution in [2.75, 3.05) is 5.32 Å². The van der Waals surface area contributed by atoms with Crippen molar-refractivity contribution in [1.29, 1.82) is 0 Å². The van der Waals surface area contributed by atoms with Crippen molar-refractivity contribution in [2.45, 2.75) is 0 Å². The number of benzene rings is 2. The summed E-state index contributed by atoms with van der Waals surface area (Å²) in [5.41, 5.74) is 0.504. The van der Waals surface area contributed by atoms with Gasteiger partial charge in [0.05, 0.1) is 5.56 Å². The van der Waals surface area contributed by atoms with Crippen molar-refractivity contribution in [3.05, 3.63) is 57.4 Å². The van der Waals surface area contributed by atoms with Gasteiger partial charge in [0, 0.05) is 9.26 Å². The largest absolute Gasteiger partial charge is 0.507 e. The van der Waals surface area contributed by atoms with E-state index in [-0.39, 0.29) is 11.3 Å². The lowest BCUT2D eigenvalue weighted by atomic mass is 10.1. The number of halogens is 2. The number of rotatable bonds is 2. The molecule has 0 saturated heterocycles. The SMILES string of the molecule is O=C(Nc1cccc(I)c1)c1cc(F)ccc1O. The molecule has 0 radical (unpaired) electrons. The smallest absolute Gasteiger partial charge is 0.259 e. The fourth-order valence-corrected chi connectivity index (χ4v) is 2.00. The quantitative estimate of drug-likeness (QED) is 0.810. The first-order chi connectivity index (χ1) is 8.56. The van der Waals surface area contributed by atoms with Crippen molar-refractivity contribution in [3.63, 3.8) is 0 Å². The number of anilines is 1. The first-order valence-corrected chi connectivity index (χ1v) is 6.19. The molecule has 5 heteroatoms. The van der Waals surface area contributed by atoms with Crippen LogP contribution in [0.4, 0.5) is 10.1 Å². The third kappa shape index (κ3) is 2.98. The molecule has 2 aromatic carbocycles. The van der Waals surface area contributed by atoms with Crippen molar-refractivity contribution in [2.24, 2.45) is 0 Å². The van der Waals surface area contributed by atoms with Crippen molar-refractivity contribution in [3.8, 4) is 5.75 Å². The monoisotopic (exact) mass is 357 g/mol. The van der Waals surface area contributed by atoms with Gasteiger partial charge in [-0.3, -0.25) is 4.79 Å². The highest BCUT2D eigenvalue weighted by Crippen LogP contribution is 2.20. The predicted octanol–water partition coefficient (Wildman–Crippen LogP) is 3.39. The summed E-state index contributed by atoms with van der Waals surface area (Å²) >= 11 is 2.12. The molecule has 0 unspecified atom stereocenters. The molecule has 2 aromatic rings. The first kappa shape index (κ1) is 12.8. The van der Waals surface area contributed by atoms with Crippen LogP contribution >= 0.6 is 22.6 Å². The normalized spacial score (nSPS) is 10.1. The molecule has 0 aliphatic carbocycles. The Kier molecular flexibility index (Phi) is 3.81. The molecule has 0 fully saturated rings. The third-order valence-electron chi connectivity index (χ3n) is 2.29. The van der Waals surface area contributed by atoms with E-state index in [0.717, 1.165) is 21.8 Å². The number of carbonyl (C=O) groups is 1. The van der Waals surface area contributed by atoms with Gasteiger partial charge in [-0.15, -0.1) is 0 Å². The lowest BCUT2D eigenvalue weighted by molar-refractivity contribution is 0.102. The molecule has 0 atom stereocenters. The number of hydrogen-bond donors (Lipinski definition) is 2. The minimum Gasteiger partial charge on any atom is -0.507 e. The highest BCUT2D eigenvalue weighted by atomic mass is 127. The average molecular weight is 357 g/mol. The summed E-state index contributed by atoms with van der Waals surface area (Å²) in [4.78, 5) is 11.9. The lowest BCUT2D eigenvalue weighted by Crippen LogP contribution is -2.12. The minimum absolute atomic E-state index is 0.0890. The second-order valence-corrected chi connectivity index (χ2v) is 4.87. The average Bonchev–Trinajstić information content (AvgIpc) is 2.32. The topological polar surface area (TPSA) is 49.3 Å². The van der Waals surface area contributed by atoms with Crippen LogP contribution < -0.4 is 5.32 Å². The van der Waals surface area contributed by atoms with E-state index in [1.165, 1.54) is 0 Å². The van der Waals surface area contributed by atoms with Gasteiger partial charge in [-0.1, -0.05) is 6.07 Å². The van der Waals surface area contributed by atoms with Gasteiger partial charge >= 0.3 is 0 Å². The Labute approximate surface area is 117 Å². The summed E-state index contributed by atoms with van der Waals surface area (Å²) in [6, 6.07) is 10.4. The predicted molar refractivity (Wildman–Crippen MR) is 75.2 cm³/mol. The molecule has 0 aliphatic rings. The van der Waals surface area contributed by atoms with Crippen LogP contribution in [0.25, 0.3) is 0 Å². The number of phenols is 1. The van der Waals surface area contributed by atoms with Crippen molar-refractivity contribution < 1.29 is 14.3 Å². The molecule has 2 N–H and O–H groups in total. The van der Waals surface area contributed by atoms with Crippen LogP contribution in [0.15, 0.2) is 42.5 Å². The van der Waals surface area contributed by atoms with E-state index in [1.54, 1.807) is 18.2 Å². The highest BCUT2D eigenvalue weighted by molar-refractivity contribution is 14.1. The molecule has 0 spiro atoms. The minimum atomic E-state index is -0.569. The van der Waals surface area contributed by atoms with Crippen LogP contribution in [-0.4, -0.2) is 11.0 Å². The van der Waals surface area contributed by atoms with E-state index >= 15 is 0 Å². The molecule has 92 valence electrons. The van der Waals surface area contributed by atoms with Crippen LogP contribution in [0.5, 0.6) is 5.75 Å². The Hall–Kier alpha value is -1.63. The highest BCUT2D eigenvalue weighted by Gasteiger charge is 2.12. The van der Waals surface area contributed by atoms with Crippen LogP contribution in [-0.2, 0) is 0 Å². The van der Waals surface area contributed by atoms with E-state index in [9.17, 15) is 14.3 Å². The third-order valence-corrected chi connectivity index (χ3v) is 2.96. The second kappa shape index (κ2) is 5.34. The van der Waals surface area contributed by atoms with Crippen molar-refractivity contribution >= 4 is 34.2 Å². The van der Waals surface area contributed by atoms with Gasteiger partial charge in [0.1, 0.15) is 11.6 Å². The first-order valence-electron chi connectivity index (χ1n) is 5.12.